The van der Waals surface area contributed by atoms with Crippen LogP contribution >= 0.6 is 11.3 Å². The highest BCUT2D eigenvalue weighted by Gasteiger charge is 2.30. The van der Waals surface area contributed by atoms with E-state index in [9.17, 15) is 22.4 Å². The highest BCUT2D eigenvalue weighted by molar-refractivity contribution is 7.15. The van der Waals surface area contributed by atoms with Crippen LogP contribution in [0.2, 0.25) is 0 Å². The summed E-state index contributed by atoms with van der Waals surface area (Å²) in [4.78, 5) is 18.5. The molecule has 0 saturated heterocycles. The number of anilines is 2. The summed E-state index contributed by atoms with van der Waals surface area (Å²) in [6.07, 6.45) is -2.37. The molecule has 28 heavy (non-hydrogen) atoms. The molecule has 2 aromatic carbocycles. The molecule has 1 N–H and O–H groups in total. The van der Waals surface area contributed by atoms with Crippen molar-refractivity contribution in [2.75, 3.05) is 17.3 Å². The van der Waals surface area contributed by atoms with Crippen LogP contribution in [0.1, 0.15) is 16.0 Å². The average Bonchev–Trinajstić information content (AvgIpc) is 3.07. The molecule has 9 heteroatoms. The quantitative estimate of drug-likeness (QED) is 0.574. The number of carbonyl (C=O) groups excluding carboxylic acids is 1. The van der Waals surface area contributed by atoms with E-state index in [1.165, 1.54) is 47.5 Å². The van der Waals surface area contributed by atoms with Gasteiger partial charge in [-0.2, -0.15) is 13.2 Å². The number of thiazole rings is 1. The fourth-order valence-corrected chi connectivity index (χ4v) is 3.30. The van der Waals surface area contributed by atoms with Crippen molar-refractivity contribution in [3.63, 3.8) is 0 Å². The van der Waals surface area contributed by atoms with Gasteiger partial charge in [-0.3, -0.25) is 10.2 Å². The highest BCUT2D eigenvalue weighted by atomic mass is 32.1. The number of nitrogens with one attached hydrogen (secondary N) is 1. The van der Waals surface area contributed by atoms with Crippen molar-refractivity contribution in [3.8, 4) is 0 Å². The summed E-state index contributed by atoms with van der Waals surface area (Å²) < 4.78 is 51.1. The van der Waals surface area contributed by atoms with E-state index < -0.39 is 17.8 Å². The molecule has 1 heterocycles. The molecule has 0 radical (unpaired) electrons. The number of aromatic nitrogens is 1. The van der Waals surface area contributed by atoms with E-state index in [-0.39, 0.29) is 5.82 Å². The number of hydrogen-bond acceptors (Lipinski definition) is 3. The van der Waals surface area contributed by atoms with E-state index in [4.69, 9.17) is 0 Å². The first-order valence-electron chi connectivity index (χ1n) is 8.13. The fraction of sp³-hybridized carbons (Fsp3) is 0.158. The minimum atomic E-state index is -4.43. The molecule has 0 aliphatic rings. The lowest BCUT2D eigenvalue weighted by molar-refractivity contribution is -0.137. The van der Waals surface area contributed by atoms with Crippen molar-refractivity contribution >= 4 is 28.2 Å². The Labute approximate surface area is 162 Å². The zero-order valence-corrected chi connectivity index (χ0v) is 15.4. The van der Waals surface area contributed by atoms with E-state index in [0.717, 1.165) is 22.6 Å². The van der Waals surface area contributed by atoms with Crippen LogP contribution in [0.15, 0.2) is 54.7 Å². The van der Waals surface area contributed by atoms with Gasteiger partial charge in [-0.05, 0) is 42.0 Å². The van der Waals surface area contributed by atoms with Crippen molar-refractivity contribution < 1.29 is 22.4 Å². The standard InChI is InChI=1S/C19H15F4N3OS/c1-26(15-7-5-13(6-8-15)19(21,22)23)18(27)25-17-24-11-16(28-17)10-12-3-2-4-14(20)9-12/h2-9,11H,10H2,1H3,(H,24,25,27). The Kier molecular flexibility index (Phi) is 5.64. The molecule has 0 aliphatic carbocycles. The van der Waals surface area contributed by atoms with Gasteiger partial charge in [0.2, 0.25) is 0 Å². The number of hydrogen-bond donors (Lipinski definition) is 1. The maximum absolute atomic E-state index is 13.3. The smallest absolute Gasteiger partial charge is 0.297 e. The minimum Gasteiger partial charge on any atom is -0.297 e. The third-order valence-electron chi connectivity index (χ3n) is 3.92. The van der Waals surface area contributed by atoms with Crippen LogP contribution in [0.5, 0.6) is 0 Å². The number of amides is 2. The molecule has 0 unspecified atom stereocenters. The minimum absolute atomic E-state index is 0.307. The summed E-state index contributed by atoms with van der Waals surface area (Å²) in [5.41, 5.74) is 0.303. The number of carbonyl (C=O) groups is 1. The molecular formula is C19H15F4N3OS. The van der Waals surface area contributed by atoms with Crippen LogP contribution in [-0.2, 0) is 12.6 Å². The van der Waals surface area contributed by atoms with E-state index in [1.54, 1.807) is 18.3 Å². The van der Waals surface area contributed by atoms with Crippen molar-refractivity contribution in [2.45, 2.75) is 12.6 Å². The summed E-state index contributed by atoms with van der Waals surface area (Å²) in [5.74, 6) is -0.325. The molecule has 0 aliphatic heterocycles. The van der Waals surface area contributed by atoms with Gasteiger partial charge in [0.05, 0.1) is 5.56 Å². The second-order valence-electron chi connectivity index (χ2n) is 5.97. The zero-order chi connectivity index (χ0) is 20.3. The summed E-state index contributed by atoms with van der Waals surface area (Å²) in [6.45, 7) is 0. The first-order valence-corrected chi connectivity index (χ1v) is 8.95. The Morgan fingerprint density at radius 1 is 1.18 bits per heavy atom. The number of halogens is 4. The monoisotopic (exact) mass is 409 g/mol. The topological polar surface area (TPSA) is 45.2 Å². The third kappa shape index (κ3) is 4.86. The molecule has 0 fully saturated rings. The van der Waals surface area contributed by atoms with Gasteiger partial charge in [0.15, 0.2) is 5.13 Å². The second kappa shape index (κ2) is 7.97. The van der Waals surface area contributed by atoms with Gasteiger partial charge < -0.3 is 0 Å². The molecule has 3 rings (SSSR count). The molecule has 4 nitrogen and oxygen atoms in total. The maximum Gasteiger partial charge on any atom is 0.416 e. The van der Waals surface area contributed by atoms with Crippen LogP contribution in [0, 0.1) is 5.82 Å². The van der Waals surface area contributed by atoms with E-state index in [1.807, 2.05) is 0 Å². The molecular weight excluding hydrogens is 394 g/mol. The van der Waals surface area contributed by atoms with Gasteiger partial charge in [-0.15, -0.1) is 11.3 Å². The number of nitrogens with zero attached hydrogens (tertiary/aromatic N) is 2. The Balaban J connectivity index is 1.63. The largest absolute Gasteiger partial charge is 0.416 e. The summed E-state index contributed by atoms with van der Waals surface area (Å²) in [6, 6.07) is 9.94. The maximum atomic E-state index is 13.3. The van der Waals surface area contributed by atoms with Crippen molar-refractivity contribution in [1.29, 1.82) is 0 Å². The van der Waals surface area contributed by atoms with Gasteiger partial charge in [0, 0.05) is 30.2 Å². The zero-order valence-electron chi connectivity index (χ0n) is 14.6. The Morgan fingerprint density at radius 2 is 1.89 bits per heavy atom. The van der Waals surface area contributed by atoms with Crippen molar-refractivity contribution in [3.05, 3.63) is 76.5 Å². The lowest BCUT2D eigenvalue weighted by Crippen LogP contribution is -2.31. The van der Waals surface area contributed by atoms with E-state index in [2.05, 4.69) is 10.3 Å². The molecule has 0 saturated carbocycles. The predicted octanol–water partition coefficient (Wildman–Crippen LogP) is 5.56. The second-order valence-corrected chi connectivity index (χ2v) is 7.09. The molecule has 0 atom stereocenters. The first-order chi connectivity index (χ1) is 13.2. The molecule has 3 aromatic rings. The van der Waals surface area contributed by atoms with Gasteiger partial charge >= 0.3 is 12.2 Å². The van der Waals surface area contributed by atoms with Gasteiger partial charge in [0.25, 0.3) is 0 Å². The molecule has 2 amide bonds. The lowest BCUT2D eigenvalue weighted by atomic mass is 10.1. The van der Waals surface area contributed by atoms with Crippen LogP contribution in [0.3, 0.4) is 0 Å². The average molecular weight is 409 g/mol. The van der Waals surface area contributed by atoms with Crippen molar-refractivity contribution in [2.24, 2.45) is 0 Å². The number of urea groups is 1. The van der Waals surface area contributed by atoms with Crippen LogP contribution in [0.4, 0.5) is 33.2 Å². The SMILES string of the molecule is CN(C(=O)Nc1ncc(Cc2cccc(F)c2)s1)c1ccc(C(F)(F)F)cc1. The van der Waals surface area contributed by atoms with Crippen LogP contribution in [-0.4, -0.2) is 18.1 Å². The molecule has 146 valence electrons. The Bertz CT molecular complexity index is 970. The summed E-state index contributed by atoms with van der Waals surface area (Å²) in [7, 11) is 1.44. The molecule has 0 spiro atoms. The summed E-state index contributed by atoms with van der Waals surface area (Å²) in [5, 5.41) is 2.94. The first kappa shape index (κ1) is 19.8. The number of rotatable bonds is 4. The highest BCUT2D eigenvalue weighted by Crippen LogP contribution is 2.30. The van der Waals surface area contributed by atoms with Gasteiger partial charge in [-0.25, -0.2) is 14.2 Å². The number of benzene rings is 2. The van der Waals surface area contributed by atoms with Gasteiger partial charge in [0.1, 0.15) is 5.82 Å². The van der Waals surface area contributed by atoms with Crippen LogP contribution < -0.4 is 10.2 Å². The molecule has 1 aromatic heterocycles. The normalized spacial score (nSPS) is 11.3. The van der Waals surface area contributed by atoms with Gasteiger partial charge in [-0.1, -0.05) is 12.1 Å². The predicted molar refractivity (Wildman–Crippen MR) is 100 cm³/mol. The fourth-order valence-electron chi connectivity index (χ4n) is 2.46. The third-order valence-corrected chi connectivity index (χ3v) is 4.83. The van der Waals surface area contributed by atoms with E-state index >= 15 is 0 Å². The Hall–Kier alpha value is -2.94. The summed E-state index contributed by atoms with van der Waals surface area (Å²) >= 11 is 1.24. The Morgan fingerprint density at radius 3 is 2.54 bits per heavy atom. The van der Waals surface area contributed by atoms with Crippen molar-refractivity contribution in [1.82, 2.24) is 4.98 Å². The number of alkyl halides is 3. The van der Waals surface area contributed by atoms with E-state index in [0.29, 0.717) is 17.2 Å². The lowest BCUT2D eigenvalue weighted by Gasteiger charge is -2.17. The van der Waals surface area contributed by atoms with Crippen LogP contribution in [0.25, 0.3) is 0 Å². The molecule has 0 bridgehead atoms.